The molecule has 7 atom stereocenters. The van der Waals surface area contributed by atoms with Gasteiger partial charge < -0.3 is 15.2 Å². The molecular weight excluding hydrogens is 290 g/mol. The minimum atomic E-state index is -0.530. The average molecular weight is 325 g/mol. The summed E-state index contributed by atoms with van der Waals surface area (Å²) in [6.07, 6.45) is 3.90. The number of epoxide rings is 1. The van der Waals surface area contributed by atoms with E-state index in [0.717, 1.165) is 32.2 Å². The Morgan fingerprint density at radius 3 is 2.48 bits per heavy atom. The predicted octanol–water partition coefficient (Wildman–Crippen LogP) is 3.13. The number of nitrogens with one attached hydrogen (secondary N) is 1. The van der Waals surface area contributed by atoms with Crippen molar-refractivity contribution in [1.29, 1.82) is 0 Å². The molecule has 2 rings (SSSR count). The molecule has 2 N–H and O–H groups in total. The van der Waals surface area contributed by atoms with Crippen molar-refractivity contribution in [3.63, 3.8) is 0 Å². The summed E-state index contributed by atoms with van der Waals surface area (Å²) >= 11 is 0. The molecule has 1 saturated heterocycles. The van der Waals surface area contributed by atoms with Gasteiger partial charge in [-0.3, -0.25) is 4.79 Å². The molecule has 1 heterocycles. The Labute approximate surface area is 141 Å². The first-order valence-corrected chi connectivity index (χ1v) is 9.22. The fraction of sp³-hybridized carbons (Fsp3) is 0.947. The highest BCUT2D eigenvalue weighted by molar-refractivity contribution is 5.78. The molecule has 7 unspecified atom stereocenters. The summed E-state index contributed by atoms with van der Waals surface area (Å²) < 4.78 is 5.64. The molecule has 23 heavy (non-hydrogen) atoms. The van der Waals surface area contributed by atoms with E-state index in [2.05, 4.69) is 33.0 Å². The Balaban J connectivity index is 1.76. The second-order valence-corrected chi connectivity index (χ2v) is 8.77. The SMILES string of the molecule is CC1CC(C)(O)CCC1CNC(=O)C(C)C(C)CC1(C)OC1C. The maximum absolute atomic E-state index is 12.4. The third-order valence-electron chi connectivity index (χ3n) is 6.40. The van der Waals surface area contributed by atoms with Gasteiger partial charge in [-0.1, -0.05) is 20.8 Å². The number of aliphatic hydroxyl groups is 1. The molecule has 0 aromatic heterocycles. The maximum atomic E-state index is 12.4. The van der Waals surface area contributed by atoms with Gasteiger partial charge in [0.25, 0.3) is 0 Å². The van der Waals surface area contributed by atoms with Gasteiger partial charge in [0.1, 0.15) is 0 Å². The van der Waals surface area contributed by atoms with E-state index in [1.807, 2.05) is 13.8 Å². The number of carbonyl (C=O) groups excluding carboxylic acids is 1. The van der Waals surface area contributed by atoms with Crippen molar-refractivity contribution < 1.29 is 14.6 Å². The van der Waals surface area contributed by atoms with Crippen molar-refractivity contribution in [2.24, 2.45) is 23.7 Å². The van der Waals surface area contributed by atoms with Crippen LogP contribution < -0.4 is 5.32 Å². The number of ether oxygens (including phenoxy) is 1. The van der Waals surface area contributed by atoms with Crippen LogP contribution in [0.2, 0.25) is 0 Å². The Morgan fingerprint density at radius 2 is 1.96 bits per heavy atom. The summed E-state index contributed by atoms with van der Waals surface area (Å²) in [5.74, 6) is 1.40. The number of rotatable bonds is 6. The Kier molecular flexibility index (Phi) is 5.47. The molecule has 4 nitrogen and oxygen atoms in total. The van der Waals surface area contributed by atoms with Gasteiger partial charge in [0.15, 0.2) is 0 Å². The first-order valence-electron chi connectivity index (χ1n) is 9.22. The smallest absolute Gasteiger partial charge is 0.223 e. The standard InChI is InChI=1S/C19H35NO3/c1-12(10-19(6)15(4)23-19)14(3)17(21)20-11-16-7-8-18(5,22)9-13(16)2/h12-16,22H,7-11H2,1-6H3,(H,20,21). The summed E-state index contributed by atoms with van der Waals surface area (Å²) in [5, 5.41) is 13.3. The Bertz CT molecular complexity index is 436. The van der Waals surface area contributed by atoms with E-state index in [4.69, 9.17) is 4.74 Å². The fourth-order valence-electron chi connectivity index (χ4n) is 4.10. The zero-order chi connectivity index (χ0) is 17.4. The Hall–Kier alpha value is -0.610. The first kappa shape index (κ1) is 18.7. The number of carbonyl (C=O) groups is 1. The van der Waals surface area contributed by atoms with Crippen LogP contribution in [0.3, 0.4) is 0 Å². The van der Waals surface area contributed by atoms with Crippen LogP contribution in [0.15, 0.2) is 0 Å². The topological polar surface area (TPSA) is 61.9 Å². The summed E-state index contributed by atoms with van der Waals surface area (Å²) in [7, 11) is 0. The lowest BCUT2D eigenvalue weighted by atomic mass is 9.73. The van der Waals surface area contributed by atoms with Gasteiger partial charge in [0.2, 0.25) is 5.91 Å². The lowest BCUT2D eigenvalue weighted by Gasteiger charge is -2.38. The lowest BCUT2D eigenvalue weighted by Crippen LogP contribution is -2.42. The third kappa shape index (κ3) is 4.69. The van der Waals surface area contributed by atoms with Crippen molar-refractivity contribution in [3.8, 4) is 0 Å². The number of hydrogen-bond acceptors (Lipinski definition) is 3. The van der Waals surface area contributed by atoms with E-state index in [-0.39, 0.29) is 17.4 Å². The zero-order valence-corrected chi connectivity index (χ0v) is 15.7. The van der Waals surface area contributed by atoms with E-state index in [9.17, 15) is 9.90 Å². The molecule has 0 bridgehead atoms. The zero-order valence-electron chi connectivity index (χ0n) is 15.7. The Morgan fingerprint density at radius 1 is 1.35 bits per heavy atom. The normalized spacial score (nSPS) is 42.8. The molecule has 134 valence electrons. The van der Waals surface area contributed by atoms with Crippen molar-refractivity contribution in [1.82, 2.24) is 5.32 Å². The van der Waals surface area contributed by atoms with Crippen LogP contribution in [0.25, 0.3) is 0 Å². The van der Waals surface area contributed by atoms with Crippen LogP contribution in [-0.2, 0) is 9.53 Å². The van der Waals surface area contributed by atoms with Gasteiger partial charge in [0, 0.05) is 12.5 Å². The quantitative estimate of drug-likeness (QED) is 0.738. The highest BCUT2D eigenvalue weighted by atomic mass is 16.6. The molecular formula is C19H35NO3. The highest BCUT2D eigenvalue weighted by Gasteiger charge is 2.50. The van der Waals surface area contributed by atoms with Gasteiger partial charge in [-0.2, -0.15) is 0 Å². The van der Waals surface area contributed by atoms with E-state index >= 15 is 0 Å². The van der Waals surface area contributed by atoms with Crippen molar-refractivity contribution in [2.45, 2.75) is 84.5 Å². The monoisotopic (exact) mass is 325 g/mol. The fourth-order valence-corrected chi connectivity index (χ4v) is 4.10. The van der Waals surface area contributed by atoms with Gasteiger partial charge in [-0.15, -0.1) is 0 Å². The van der Waals surface area contributed by atoms with Crippen LogP contribution in [0.1, 0.15) is 67.2 Å². The minimum Gasteiger partial charge on any atom is -0.390 e. The third-order valence-corrected chi connectivity index (χ3v) is 6.40. The molecule has 1 aliphatic heterocycles. The molecule has 2 fully saturated rings. The van der Waals surface area contributed by atoms with Crippen molar-refractivity contribution in [3.05, 3.63) is 0 Å². The van der Waals surface area contributed by atoms with E-state index in [1.54, 1.807) is 0 Å². The first-order chi connectivity index (χ1) is 10.5. The van der Waals surface area contributed by atoms with E-state index < -0.39 is 5.60 Å². The van der Waals surface area contributed by atoms with Crippen molar-refractivity contribution >= 4 is 5.91 Å². The van der Waals surface area contributed by atoms with Crippen LogP contribution in [0.4, 0.5) is 0 Å². The summed E-state index contributed by atoms with van der Waals surface area (Å²) in [6.45, 7) is 13.2. The minimum absolute atomic E-state index is 0.00484. The van der Waals surface area contributed by atoms with Gasteiger partial charge in [-0.05, 0) is 64.2 Å². The molecule has 1 amide bonds. The second kappa shape index (κ2) is 6.72. The lowest BCUT2D eigenvalue weighted by molar-refractivity contribution is -0.126. The van der Waals surface area contributed by atoms with Crippen molar-refractivity contribution in [2.75, 3.05) is 6.54 Å². The highest BCUT2D eigenvalue weighted by Crippen LogP contribution is 2.42. The largest absolute Gasteiger partial charge is 0.390 e. The average Bonchev–Trinajstić information content (AvgIpc) is 3.02. The second-order valence-electron chi connectivity index (χ2n) is 8.77. The maximum Gasteiger partial charge on any atom is 0.223 e. The van der Waals surface area contributed by atoms with Gasteiger partial charge in [-0.25, -0.2) is 0 Å². The van der Waals surface area contributed by atoms with Gasteiger partial charge in [0.05, 0.1) is 17.3 Å². The molecule has 0 radical (unpaired) electrons. The molecule has 4 heteroatoms. The summed E-state index contributed by atoms with van der Waals surface area (Å²) in [5.41, 5.74) is -0.560. The molecule has 0 aromatic carbocycles. The van der Waals surface area contributed by atoms with Gasteiger partial charge >= 0.3 is 0 Å². The summed E-state index contributed by atoms with van der Waals surface area (Å²) in [4.78, 5) is 12.4. The van der Waals surface area contributed by atoms with Crippen LogP contribution in [0, 0.1) is 23.7 Å². The number of amides is 1. The van der Waals surface area contributed by atoms with Crippen LogP contribution in [0.5, 0.6) is 0 Å². The van der Waals surface area contributed by atoms with Crippen LogP contribution >= 0.6 is 0 Å². The summed E-state index contributed by atoms with van der Waals surface area (Å²) in [6, 6.07) is 0. The van der Waals surface area contributed by atoms with Crippen LogP contribution in [-0.4, -0.2) is 34.9 Å². The molecule has 0 aromatic rings. The van der Waals surface area contributed by atoms with E-state index in [0.29, 0.717) is 23.9 Å². The van der Waals surface area contributed by atoms with E-state index in [1.165, 1.54) is 0 Å². The predicted molar refractivity (Wildman–Crippen MR) is 92.0 cm³/mol. The molecule has 1 aliphatic carbocycles. The molecule has 1 saturated carbocycles. The molecule has 2 aliphatic rings. The molecule has 0 spiro atoms. The number of hydrogen-bond donors (Lipinski definition) is 2.